The first-order valence-corrected chi connectivity index (χ1v) is 7.27. The van der Waals surface area contributed by atoms with E-state index in [1.807, 2.05) is 0 Å². The van der Waals surface area contributed by atoms with E-state index in [1.54, 1.807) is 0 Å². The van der Waals surface area contributed by atoms with Gasteiger partial charge in [0.15, 0.2) is 0 Å². The maximum absolute atomic E-state index is 5.44. The normalized spacial score (nSPS) is 15.9. The van der Waals surface area contributed by atoms with Gasteiger partial charge in [-0.2, -0.15) is 15.0 Å². The van der Waals surface area contributed by atoms with Crippen LogP contribution in [0.1, 0.15) is 27.2 Å². The number of morpholine rings is 1. The number of hydrazine groups is 1. The molecule has 8 nitrogen and oxygen atoms in total. The van der Waals surface area contributed by atoms with E-state index in [1.165, 1.54) is 0 Å². The van der Waals surface area contributed by atoms with E-state index in [0.717, 1.165) is 26.1 Å². The van der Waals surface area contributed by atoms with E-state index in [-0.39, 0.29) is 5.41 Å². The number of rotatable bonds is 5. The molecule has 0 bridgehead atoms. The Kier molecular flexibility index (Phi) is 5.13. The van der Waals surface area contributed by atoms with Crippen LogP contribution in [0.3, 0.4) is 0 Å². The van der Waals surface area contributed by atoms with Crippen LogP contribution in [0.4, 0.5) is 17.8 Å². The highest BCUT2D eigenvalue weighted by molar-refractivity contribution is 5.43. The molecule has 8 heteroatoms. The molecule has 1 saturated heterocycles. The van der Waals surface area contributed by atoms with E-state index < -0.39 is 0 Å². The van der Waals surface area contributed by atoms with Gasteiger partial charge in [0, 0.05) is 19.6 Å². The van der Waals surface area contributed by atoms with Crippen LogP contribution in [0.25, 0.3) is 0 Å². The molecule has 1 aromatic rings. The third-order valence-corrected chi connectivity index (χ3v) is 3.20. The molecule has 0 radical (unpaired) electrons. The Labute approximate surface area is 125 Å². The number of anilines is 3. The van der Waals surface area contributed by atoms with Gasteiger partial charge in [0.1, 0.15) is 0 Å². The van der Waals surface area contributed by atoms with Gasteiger partial charge in [-0.1, -0.05) is 20.8 Å². The summed E-state index contributed by atoms with van der Waals surface area (Å²) in [4.78, 5) is 15.1. The second-order valence-corrected chi connectivity index (χ2v) is 6.26. The lowest BCUT2D eigenvalue weighted by atomic mass is 9.92. The summed E-state index contributed by atoms with van der Waals surface area (Å²) < 4.78 is 5.34. The number of hydrogen-bond donors (Lipinski definition) is 3. The molecule has 2 rings (SSSR count). The molecule has 0 aromatic carbocycles. The van der Waals surface area contributed by atoms with Gasteiger partial charge in [0.25, 0.3) is 0 Å². The zero-order chi connectivity index (χ0) is 15.3. The lowest BCUT2D eigenvalue weighted by Gasteiger charge is -2.27. The Morgan fingerprint density at radius 2 is 1.81 bits per heavy atom. The van der Waals surface area contributed by atoms with Gasteiger partial charge >= 0.3 is 0 Å². The summed E-state index contributed by atoms with van der Waals surface area (Å²) in [7, 11) is 0. The number of hydrogen-bond acceptors (Lipinski definition) is 8. The second kappa shape index (κ2) is 6.86. The molecule has 0 atom stereocenters. The van der Waals surface area contributed by atoms with Crippen molar-refractivity contribution in [3.63, 3.8) is 0 Å². The van der Waals surface area contributed by atoms with Crippen molar-refractivity contribution in [1.82, 2.24) is 15.0 Å². The maximum atomic E-state index is 5.44. The van der Waals surface area contributed by atoms with Gasteiger partial charge in [-0.25, -0.2) is 5.84 Å². The molecule has 1 aliphatic rings. The van der Waals surface area contributed by atoms with Gasteiger partial charge in [0.2, 0.25) is 17.8 Å². The van der Waals surface area contributed by atoms with Crippen molar-refractivity contribution in [2.45, 2.75) is 27.2 Å². The first-order chi connectivity index (χ1) is 9.98. The van der Waals surface area contributed by atoms with E-state index >= 15 is 0 Å². The van der Waals surface area contributed by atoms with Crippen LogP contribution >= 0.6 is 0 Å². The van der Waals surface area contributed by atoms with Gasteiger partial charge < -0.3 is 15.0 Å². The van der Waals surface area contributed by atoms with Crippen molar-refractivity contribution in [2.24, 2.45) is 11.3 Å². The summed E-state index contributed by atoms with van der Waals surface area (Å²) in [5.74, 6) is 6.98. The molecule has 21 heavy (non-hydrogen) atoms. The molecular formula is C13H25N7O. The summed E-state index contributed by atoms with van der Waals surface area (Å²) >= 11 is 0. The molecule has 2 heterocycles. The number of nitrogen functional groups attached to an aromatic ring is 1. The largest absolute Gasteiger partial charge is 0.378 e. The fourth-order valence-electron chi connectivity index (χ4n) is 1.96. The lowest BCUT2D eigenvalue weighted by molar-refractivity contribution is 0.122. The standard InChI is InChI=1S/C13H25N7O/c1-13(2,3)4-5-15-10-16-11(19-14)18-12(17-10)20-6-8-21-9-7-20/h4-9,14H2,1-3H3,(H2,15,16,17,18,19). The Morgan fingerprint density at radius 1 is 1.14 bits per heavy atom. The van der Waals surface area contributed by atoms with Crippen LogP contribution in [0, 0.1) is 5.41 Å². The Hall–Kier alpha value is -1.67. The van der Waals surface area contributed by atoms with Gasteiger partial charge in [0.05, 0.1) is 13.2 Å². The Balaban J connectivity index is 2.06. The Morgan fingerprint density at radius 3 is 2.43 bits per heavy atom. The molecule has 0 amide bonds. The van der Waals surface area contributed by atoms with Crippen LogP contribution in [0.5, 0.6) is 0 Å². The minimum absolute atomic E-state index is 0.266. The summed E-state index contributed by atoms with van der Waals surface area (Å²) in [5.41, 5.74) is 2.76. The fourth-order valence-corrected chi connectivity index (χ4v) is 1.96. The number of nitrogens with one attached hydrogen (secondary N) is 2. The molecule has 0 spiro atoms. The minimum atomic E-state index is 0.266. The van der Waals surface area contributed by atoms with E-state index in [4.69, 9.17) is 10.6 Å². The van der Waals surface area contributed by atoms with Crippen LogP contribution in [-0.4, -0.2) is 47.8 Å². The molecule has 4 N–H and O–H groups in total. The van der Waals surface area contributed by atoms with Crippen molar-refractivity contribution < 1.29 is 4.74 Å². The van der Waals surface area contributed by atoms with E-state index in [0.29, 0.717) is 31.1 Å². The highest BCUT2D eigenvalue weighted by Gasteiger charge is 2.16. The van der Waals surface area contributed by atoms with E-state index in [2.05, 4.69) is 51.4 Å². The van der Waals surface area contributed by atoms with Crippen LogP contribution in [-0.2, 0) is 4.74 Å². The highest BCUT2D eigenvalue weighted by Crippen LogP contribution is 2.19. The number of aromatic nitrogens is 3. The summed E-state index contributed by atoms with van der Waals surface area (Å²) in [6.45, 7) is 10.3. The number of nitrogens with zero attached hydrogens (tertiary/aromatic N) is 4. The molecule has 1 aliphatic heterocycles. The fraction of sp³-hybridized carbons (Fsp3) is 0.769. The quantitative estimate of drug-likeness (QED) is 0.543. The molecular weight excluding hydrogens is 270 g/mol. The zero-order valence-electron chi connectivity index (χ0n) is 13.0. The summed E-state index contributed by atoms with van der Waals surface area (Å²) in [5, 5.41) is 3.24. The number of ether oxygens (including phenoxy) is 1. The van der Waals surface area contributed by atoms with Gasteiger partial charge in [-0.05, 0) is 11.8 Å². The molecule has 0 saturated carbocycles. The van der Waals surface area contributed by atoms with Crippen LogP contribution in [0.15, 0.2) is 0 Å². The van der Waals surface area contributed by atoms with Crippen molar-refractivity contribution in [1.29, 1.82) is 0 Å². The smallest absolute Gasteiger partial charge is 0.243 e. The highest BCUT2D eigenvalue weighted by atomic mass is 16.5. The number of nitrogens with two attached hydrogens (primary N) is 1. The third-order valence-electron chi connectivity index (χ3n) is 3.20. The zero-order valence-corrected chi connectivity index (χ0v) is 13.0. The average Bonchev–Trinajstić information content (AvgIpc) is 2.46. The maximum Gasteiger partial charge on any atom is 0.243 e. The molecule has 1 fully saturated rings. The van der Waals surface area contributed by atoms with Crippen molar-refractivity contribution in [2.75, 3.05) is 48.5 Å². The van der Waals surface area contributed by atoms with E-state index in [9.17, 15) is 0 Å². The summed E-state index contributed by atoms with van der Waals surface area (Å²) in [6, 6.07) is 0. The summed E-state index contributed by atoms with van der Waals surface area (Å²) in [6.07, 6.45) is 1.02. The van der Waals surface area contributed by atoms with Crippen LogP contribution < -0.4 is 21.5 Å². The van der Waals surface area contributed by atoms with Crippen molar-refractivity contribution in [3.8, 4) is 0 Å². The lowest BCUT2D eigenvalue weighted by Crippen LogP contribution is -2.37. The van der Waals surface area contributed by atoms with Gasteiger partial charge in [-0.3, -0.25) is 5.43 Å². The monoisotopic (exact) mass is 295 g/mol. The molecule has 1 aromatic heterocycles. The molecule has 118 valence electrons. The first-order valence-electron chi connectivity index (χ1n) is 7.27. The van der Waals surface area contributed by atoms with Gasteiger partial charge in [-0.15, -0.1) is 0 Å². The molecule has 0 aliphatic carbocycles. The average molecular weight is 295 g/mol. The predicted octanol–water partition coefficient (Wildman–Crippen LogP) is 0.842. The Bertz CT molecular complexity index is 454. The van der Waals surface area contributed by atoms with Crippen LogP contribution in [0.2, 0.25) is 0 Å². The first kappa shape index (κ1) is 15.7. The second-order valence-electron chi connectivity index (χ2n) is 6.26. The SMILES string of the molecule is CC(C)(C)CCNc1nc(NN)nc(N2CCOCC2)n1. The third kappa shape index (κ3) is 4.98. The predicted molar refractivity (Wildman–Crippen MR) is 83.2 cm³/mol. The topological polar surface area (TPSA) is 101 Å². The van der Waals surface area contributed by atoms with Crippen molar-refractivity contribution in [3.05, 3.63) is 0 Å². The minimum Gasteiger partial charge on any atom is -0.378 e. The van der Waals surface area contributed by atoms with Crippen molar-refractivity contribution >= 4 is 17.8 Å². The molecule has 0 unspecified atom stereocenters.